The second-order valence-corrected chi connectivity index (χ2v) is 12.9. The lowest BCUT2D eigenvalue weighted by molar-refractivity contribution is -0.137. The molecule has 0 radical (unpaired) electrons. The first-order valence-corrected chi connectivity index (χ1v) is 16.1. The summed E-state index contributed by atoms with van der Waals surface area (Å²) in [6.07, 6.45) is 0. The summed E-state index contributed by atoms with van der Waals surface area (Å²) in [6.45, 7) is 5.30. The van der Waals surface area contributed by atoms with E-state index < -0.39 is 0 Å². The minimum Gasteiger partial charge on any atom is -0.339 e. The van der Waals surface area contributed by atoms with Gasteiger partial charge in [-0.1, -0.05) is 47.5 Å². The van der Waals surface area contributed by atoms with E-state index in [9.17, 15) is 14.4 Å². The summed E-state index contributed by atoms with van der Waals surface area (Å²) in [5.41, 5.74) is 4.43. The number of anilines is 1. The summed E-state index contributed by atoms with van der Waals surface area (Å²) in [4.78, 5) is 45.6. The normalized spacial score (nSPS) is 17.3. The van der Waals surface area contributed by atoms with Crippen LogP contribution in [0.4, 0.5) is 5.82 Å². The molecule has 0 saturated carbocycles. The Morgan fingerprint density at radius 2 is 1.67 bits per heavy atom. The molecule has 2 aromatic carbocycles. The maximum absolute atomic E-state index is 13.9. The van der Waals surface area contributed by atoms with E-state index in [1.54, 1.807) is 44.7 Å². The number of nitrogens with zero attached hydrogens (tertiary/aromatic N) is 5. The first-order valence-electron chi connectivity index (χ1n) is 13.7. The molecule has 2 aliphatic rings. The second kappa shape index (κ2) is 11.9. The number of aromatic nitrogens is 2. The van der Waals surface area contributed by atoms with Crippen LogP contribution in [0.3, 0.4) is 0 Å². The van der Waals surface area contributed by atoms with Crippen molar-refractivity contribution in [3.05, 3.63) is 87.1 Å². The van der Waals surface area contributed by atoms with Crippen molar-refractivity contribution in [3.8, 4) is 16.9 Å². The number of piperazine rings is 1. The van der Waals surface area contributed by atoms with Gasteiger partial charge in [0.05, 0.1) is 22.4 Å². The van der Waals surface area contributed by atoms with Crippen molar-refractivity contribution < 1.29 is 14.4 Å². The molecule has 1 atom stereocenters. The van der Waals surface area contributed by atoms with Gasteiger partial charge in [0.1, 0.15) is 12.4 Å². The van der Waals surface area contributed by atoms with Gasteiger partial charge in [0, 0.05) is 54.1 Å². The number of benzene rings is 2. The highest BCUT2D eigenvalue weighted by Crippen LogP contribution is 2.49. The number of thiophene rings is 1. The zero-order valence-corrected chi connectivity index (χ0v) is 25.7. The van der Waals surface area contributed by atoms with Crippen LogP contribution in [0.2, 0.25) is 5.02 Å². The van der Waals surface area contributed by atoms with Crippen molar-refractivity contribution in [1.29, 1.82) is 0 Å². The van der Waals surface area contributed by atoms with Crippen LogP contribution in [0.5, 0.6) is 0 Å². The molecule has 0 bridgehead atoms. The Balaban J connectivity index is 1.50. The lowest BCUT2D eigenvalue weighted by atomic mass is 10.0. The fraction of sp³-hybridized carbons (Fsp3) is 0.290. The number of carbonyl (C=O) groups excluding carboxylic acids is 3. The third-order valence-corrected chi connectivity index (χ3v) is 10.2. The predicted molar refractivity (Wildman–Crippen MR) is 169 cm³/mol. The van der Waals surface area contributed by atoms with Crippen LogP contribution in [0.1, 0.15) is 28.2 Å². The van der Waals surface area contributed by atoms with Crippen LogP contribution >= 0.6 is 34.7 Å². The topological polar surface area (TPSA) is 78.8 Å². The van der Waals surface area contributed by atoms with Gasteiger partial charge in [0.2, 0.25) is 17.7 Å². The number of thioether (sulfide) groups is 1. The standard InChI is InChI=1S/C31H30ClN5O3S2/c1-20-5-11-24(12-6-20)37-31-28(29(33-37)22-7-9-23(32)10-8-22)30(25-4-3-17-41-25)42-19-27(40)36(31)18-26(39)35-15-13-34(14-16-35)21(2)38/h3-12,17,30H,13-16,18-19H2,1-2H3/t30-/m0/s1. The molecular formula is C31H30ClN5O3S2. The van der Waals surface area contributed by atoms with Gasteiger partial charge in [-0.25, -0.2) is 4.68 Å². The molecule has 3 amide bonds. The van der Waals surface area contributed by atoms with Crippen LogP contribution < -0.4 is 4.90 Å². The van der Waals surface area contributed by atoms with Crippen molar-refractivity contribution in [2.45, 2.75) is 19.1 Å². The van der Waals surface area contributed by atoms with E-state index in [4.69, 9.17) is 16.7 Å². The summed E-state index contributed by atoms with van der Waals surface area (Å²) < 4.78 is 1.81. The number of aryl methyl sites for hydroxylation is 1. The Hall–Kier alpha value is -3.60. The van der Waals surface area contributed by atoms with Crippen LogP contribution in [0.15, 0.2) is 66.0 Å². The average Bonchev–Trinajstić information content (AvgIpc) is 3.63. The van der Waals surface area contributed by atoms with Gasteiger partial charge in [-0.3, -0.25) is 19.3 Å². The van der Waals surface area contributed by atoms with Gasteiger partial charge >= 0.3 is 0 Å². The van der Waals surface area contributed by atoms with Crippen LogP contribution in [-0.4, -0.2) is 75.8 Å². The fourth-order valence-corrected chi connectivity index (χ4v) is 7.68. The summed E-state index contributed by atoms with van der Waals surface area (Å²) in [6, 6.07) is 19.7. The predicted octanol–water partition coefficient (Wildman–Crippen LogP) is 5.42. The van der Waals surface area contributed by atoms with Crippen LogP contribution in [-0.2, 0) is 14.4 Å². The zero-order valence-electron chi connectivity index (χ0n) is 23.3. The second-order valence-electron chi connectivity index (χ2n) is 10.4. The van der Waals surface area contributed by atoms with Crippen molar-refractivity contribution in [2.75, 3.05) is 43.4 Å². The molecule has 0 N–H and O–H groups in total. The Morgan fingerprint density at radius 1 is 0.976 bits per heavy atom. The molecular weight excluding hydrogens is 590 g/mol. The van der Waals surface area contributed by atoms with E-state index in [0.717, 1.165) is 32.9 Å². The molecule has 1 fully saturated rings. The van der Waals surface area contributed by atoms with E-state index in [1.165, 1.54) is 0 Å². The first-order chi connectivity index (χ1) is 20.3. The summed E-state index contributed by atoms with van der Waals surface area (Å²) in [5.74, 6) is 0.529. The Morgan fingerprint density at radius 3 is 2.31 bits per heavy atom. The monoisotopic (exact) mass is 619 g/mol. The molecule has 8 nitrogen and oxygen atoms in total. The number of fused-ring (bicyclic) bond motifs is 1. The van der Waals surface area contributed by atoms with Crippen molar-refractivity contribution in [2.24, 2.45) is 0 Å². The SMILES string of the molecule is CC(=O)N1CCN(C(=O)CN2C(=O)CS[C@@H](c3cccs3)c3c(-c4ccc(Cl)cc4)nn(-c4ccc(C)cc4)c32)CC1. The summed E-state index contributed by atoms with van der Waals surface area (Å²) in [5, 5.41) is 7.63. The number of hydrogen-bond acceptors (Lipinski definition) is 6. The van der Waals surface area contributed by atoms with Gasteiger partial charge < -0.3 is 9.80 Å². The molecule has 0 aliphatic carbocycles. The Labute approximate surface area is 257 Å². The fourth-order valence-electron chi connectivity index (χ4n) is 5.38. The number of carbonyl (C=O) groups is 3. The van der Waals surface area contributed by atoms with Gasteiger partial charge in [-0.2, -0.15) is 5.10 Å². The first kappa shape index (κ1) is 28.5. The molecule has 2 aliphatic heterocycles. The average molecular weight is 620 g/mol. The smallest absolute Gasteiger partial charge is 0.242 e. The molecule has 6 rings (SSSR count). The zero-order chi connectivity index (χ0) is 29.4. The molecule has 0 unspecified atom stereocenters. The number of amides is 3. The largest absolute Gasteiger partial charge is 0.339 e. The maximum atomic E-state index is 13.9. The molecule has 4 heterocycles. The highest BCUT2D eigenvalue weighted by Gasteiger charge is 2.39. The maximum Gasteiger partial charge on any atom is 0.242 e. The minimum atomic E-state index is -0.159. The third kappa shape index (κ3) is 5.58. The van der Waals surface area contributed by atoms with Crippen LogP contribution in [0, 0.1) is 6.92 Å². The third-order valence-electron chi connectivity index (χ3n) is 7.66. The van der Waals surface area contributed by atoms with Gasteiger partial charge in [0.15, 0.2) is 0 Å². The highest BCUT2D eigenvalue weighted by atomic mass is 35.5. The number of rotatable bonds is 5. The summed E-state index contributed by atoms with van der Waals surface area (Å²) in [7, 11) is 0. The molecule has 4 aromatic rings. The molecule has 1 saturated heterocycles. The van der Waals surface area contributed by atoms with Gasteiger partial charge in [0.25, 0.3) is 0 Å². The summed E-state index contributed by atoms with van der Waals surface area (Å²) >= 11 is 9.45. The molecule has 216 valence electrons. The van der Waals surface area contributed by atoms with E-state index in [2.05, 4.69) is 6.07 Å². The van der Waals surface area contributed by atoms with Crippen molar-refractivity contribution in [1.82, 2.24) is 19.6 Å². The van der Waals surface area contributed by atoms with Gasteiger partial charge in [-0.05, 0) is 42.6 Å². The van der Waals surface area contributed by atoms with Crippen LogP contribution in [0.25, 0.3) is 16.9 Å². The molecule has 11 heteroatoms. The minimum absolute atomic E-state index is 0.00260. The lowest BCUT2D eigenvalue weighted by Gasteiger charge is -2.35. The van der Waals surface area contributed by atoms with E-state index in [-0.39, 0.29) is 35.3 Å². The highest BCUT2D eigenvalue weighted by molar-refractivity contribution is 8.00. The number of halogens is 1. The van der Waals surface area contributed by atoms with Gasteiger partial charge in [-0.15, -0.1) is 23.1 Å². The molecule has 2 aromatic heterocycles. The Bertz CT molecular complexity index is 1610. The lowest BCUT2D eigenvalue weighted by Crippen LogP contribution is -2.53. The van der Waals surface area contributed by atoms with E-state index in [0.29, 0.717) is 37.0 Å². The molecule has 42 heavy (non-hydrogen) atoms. The molecule has 0 spiro atoms. The van der Waals surface area contributed by atoms with E-state index in [1.807, 2.05) is 71.6 Å². The Kier molecular flexibility index (Phi) is 8.11. The van der Waals surface area contributed by atoms with Crippen molar-refractivity contribution in [3.63, 3.8) is 0 Å². The quantitative estimate of drug-likeness (QED) is 0.298. The van der Waals surface area contributed by atoms with Crippen molar-refractivity contribution >= 4 is 58.2 Å². The number of hydrogen-bond donors (Lipinski definition) is 0. The van der Waals surface area contributed by atoms with E-state index >= 15 is 0 Å².